The zero-order chi connectivity index (χ0) is 13.9. The summed E-state index contributed by atoms with van der Waals surface area (Å²) in [7, 11) is 0. The Hall–Kier alpha value is -1.69. The van der Waals surface area contributed by atoms with Crippen molar-refractivity contribution in [2.45, 2.75) is 51.0 Å². The molecule has 1 atom stereocenters. The average Bonchev–Trinajstić information content (AvgIpc) is 3.10. The van der Waals surface area contributed by atoms with E-state index in [1.807, 2.05) is 0 Å². The molecule has 6 heteroatoms. The molecule has 1 aliphatic carbocycles. The van der Waals surface area contributed by atoms with Crippen LogP contribution in [0.5, 0.6) is 0 Å². The molecule has 1 fully saturated rings. The van der Waals surface area contributed by atoms with Gasteiger partial charge in [-0.05, 0) is 18.8 Å². The fourth-order valence-electron chi connectivity index (χ4n) is 2.80. The minimum Gasteiger partial charge on any atom is -0.348 e. The Labute approximate surface area is 118 Å². The molecule has 6 nitrogen and oxygen atoms in total. The average molecular weight is 275 g/mol. The van der Waals surface area contributed by atoms with Crippen molar-refractivity contribution in [2.24, 2.45) is 11.7 Å². The molecule has 0 bridgehead atoms. The molecule has 2 aromatic rings. The number of hydrogen-bond acceptors (Lipinski definition) is 5. The van der Waals surface area contributed by atoms with Crippen LogP contribution in [0.15, 0.2) is 17.0 Å². The maximum Gasteiger partial charge on any atom is 0.243 e. The number of aromatic amines is 1. The first-order valence-corrected chi connectivity index (χ1v) is 7.28. The van der Waals surface area contributed by atoms with E-state index >= 15 is 0 Å². The van der Waals surface area contributed by atoms with Gasteiger partial charge in [-0.15, -0.1) is 0 Å². The summed E-state index contributed by atoms with van der Waals surface area (Å²) in [5.74, 6) is 2.60. The molecule has 0 spiro atoms. The number of nitrogens with zero attached hydrogens (tertiary/aromatic N) is 3. The van der Waals surface area contributed by atoms with Gasteiger partial charge in [-0.1, -0.05) is 24.9 Å². The molecule has 1 saturated carbocycles. The summed E-state index contributed by atoms with van der Waals surface area (Å²) in [6.45, 7) is 2.30. The van der Waals surface area contributed by atoms with Gasteiger partial charge in [0.25, 0.3) is 0 Å². The summed E-state index contributed by atoms with van der Waals surface area (Å²) < 4.78 is 5.33. The summed E-state index contributed by atoms with van der Waals surface area (Å²) in [5.41, 5.74) is 7.08. The van der Waals surface area contributed by atoms with E-state index in [1.165, 1.54) is 12.8 Å². The summed E-state index contributed by atoms with van der Waals surface area (Å²) in [6.07, 6.45) is 8.82. The Balaban J connectivity index is 1.64. The minimum absolute atomic E-state index is 0.279. The van der Waals surface area contributed by atoms with Gasteiger partial charge in [0.15, 0.2) is 5.82 Å². The number of nitrogens with two attached hydrogens (primary N) is 1. The predicted octanol–water partition coefficient (Wildman–Crippen LogP) is 2.33. The number of H-pyrrole nitrogens is 1. The van der Waals surface area contributed by atoms with Gasteiger partial charge in [-0.2, -0.15) is 4.98 Å². The fourth-order valence-corrected chi connectivity index (χ4v) is 2.80. The molecular weight excluding hydrogens is 254 g/mol. The molecule has 0 aliphatic heterocycles. The van der Waals surface area contributed by atoms with E-state index in [2.05, 4.69) is 27.0 Å². The van der Waals surface area contributed by atoms with Crippen LogP contribution in [-0.4, -0.2) is 20.1 Å². The Morgan fingerprint density at radius 3 is 2.90 bits per heavy atom. The van der Waals surface area contributed by atoms with Crippen molar-refractivity contribution < 1.29 is 4.52 Å². The highest BCUT2D eigenvalue weighted by molar-refractivity contribution is 5.04. The number of rotatable bonds is 4. The molecule has 2 heterocycles. The smallest absolute Gasteiger partial charge is 0.243 e. The van der Waals surface area contributed by atoms with Crippen molar-refractivity contribution in [1.29, 1.82) is 0 Å². The van der Waals surface area contributed by atoms with Crippen LogP contribution < -0.4 is 5.73 Å². The maximum absolute atomic E-state index is 6.11. The molecule has 3 N–H and O–H groups in total. The normalized spacial score (nSPS) is 24.7. The van der Waals surface area contributed by atoms with E-state index in [-0.39, 0.29) is 6.04 Å². The van der Waals surface area contributed by atoms with Crippen molar-refractivity contribution in [3.05, 3.63) is 29.9 Å². The second-order valence-electron chi connectivity index (χ2n) is 5.84. The predicted molar refractivity (Wildman–Crippen MR) is 73.9 cm³/mol. The largest absolute Gasteiger partial charge is 0.348 e. The minimum atomic E-state index is -0.279. The van der Waals surface area contributed by atoms with Crippen LogP contribution in [0, 0.1) is 5.92 Å². The quantitative estimate of drug-likeness (QED) is 0.893. The van der Waals surface area contributed by atoms with Gasteiger partial charge < -0.3 is 15.2 Å². The topological polar surface area (TPSA) is 93.6 Å². The summed E-state index contributed by atoms with van der Waals surface area (Å²) in [6, 6.07) is -0.279. The van der Waals surface area contributed by atoms with E-state index in [4.69, 9.17) is 10.3 Å². The lowest BCUT2D eigenvalue weighted by atomic mass is 9.83. The van der Waals surface area contributed by atoms with Crippen LogP contribution >= 0.6 is 0 Å². The van der Waals surface area contributed by atoms with E-state index < -0.39 is 0 Å². The molecule has 20 heavy (non-hydrogen) atoms. The first-order valence-electron chi connectivity index (χ1n) is 7.28. The van der Waals surface area contributed by atoms with Crippen LogP contribution in [0.3, 0.4) is 0 Å². The molecular formula is C14H21N5O. The molecule has 2 aromatic heterocycles. The van der Waals surface area contributed by atoms with E-state index in [9.17, 15) is 0 Å². The van der Waals surface area contributed by atoms with Crippen molar-refractivity contribution in [3.8, 4) is 0 Å². The molecule has 0 amide bonds. The Morgan fingerprint density at radius 1 is 1.40 bits per heavy atom. The third kappa shape index (κ3) is 2.90. The van der Waals surface area contributed by atoms with Gasteiger partial charge in [0.2, 0.25) is 5.89 Å². The van der Waals surface area contributed by atoms with Crippen LogP contribution in [0.1, 0.15) is 62.0 Å². The highest BCUT2D eigenvalue weighted by Gasteiger charge is 2.25. The summed E-state index contributed by atoms with van der Waals surface area (Å²) in [5, 5.41) is 4.12. The monoisotopic (exact) mass is 275 g/mol. The van der Waals surface area contributed by atoms with Gasteiger partial charge in [-0.3, -0.25) is 0 Å². The summed E-state index contributed by atoms with van der Waals surface area (Å²) in [4.78, 5) is 11.5. The second kappa shape index (κ2) is 5.75. The number of imidazole rings is 1. The molecule has 108 valence electrons. The molecule has 3 rings (SSSR count). The highest BCUT2D eigenvalue weighted by Crippen LogP contribution is 2.34. The SMILES string of the molecule is CC1CCC(c2noc(C(N)Cc3cnc[nH]3)n2)CC1. The highest BCUT2D eigenvalue weighted by atomic mass is 16.5. The van der Waals surface area contributed by atoms with E-state index in [0.717, 1.165) is 30.3 Å². The lowest BCUT2D eigenvalue weighted by molar-refractivity contribution is 0.319. The summed E-state index contributed by atoms with van der Waals surface area (Å²) >= 11 is 0. The second-order valence-corrected chi connectivity index (χ2v) is 5.84. The molecule has 0 aromatic carbocycles. The number of aromatic nitrogens is 4. The first kappa shape index (κ1) is 13.3. The zero-order valence-corrected chi connectivity index (χ0v) is 11.7. The van der Waals surface area contributed by atoms with E-state index in [1.54, 1.807) is 12.5 Å². The van der Waals surface area contributed by atoms with Gasteiger partial charge in [-0.25, -0.2) is 4.98 Å². The molecule has 1 aliphatic rings. The van der Waals surface area contributed by atoms with Crippen LogP contribution in [0.2, 0.25) is 0 Å². The first-order chi connectivity index (χ1) is 9.72. The molecule has 0 radical (unpaired) electrons. The van der Waals surface area contributed by atoms with Crippen molar-refractivity contribution in [2.75, 3.05) is 0 Å². The standard InChI is InChI=1S/C14H21N5O/c1-9-2-4-10(5-3-9)13-18-14(20-19-13)12(15)6-11-7-16-8-17-11/h7-10,12H,2-6,15H2,1H3,(H,16,17). The molecule has 1 unspecified atom stereocenters. The third-order valence-electron chi connectivity index (χ3n) is 4.15. The van der Waals surface area contributed by atoms with Gasteiger partial charge in [0.05, 0.1) is 12.4 Å². The van der Waals surface area contributed by atoms with Crippen LogP contribution in [0.25, 0.3) is 0 Å². The van der Waals surface area contributed by atoms with Crippen LogP contribution in [0.4, 0.5) is 0 Å². The van der Waals surface area contributed by atoms with Crippen LogP contribution in [-0.2, 0) is 6.42 Å². The number of nitrogens with one attached hydrogen (secondary N) is 1. The lowest BCUT2D eigenvalue weighted by Crippen LogP contribution is -2.15. The van der Waals surface area contributed by atoms with E-state index in [0.29, 0.717) is 18.2 Å². The maximum atomic E-state index is 6.11. The van der Waals surface area contributed by atoms with Gasteiger partial charge in [0.1, 0.15) is 0 Å². The van der Waals surface area contributed by atoms with Gasteiger partial charge in [0, 0.05) is 24.2 Å². The Morgan fingerprint density at radius 2 is 2.20 bits per heavy atom. The van der Waals surface area contributed by atoms with Crippen molar-refractivity contribution >= 4 is 0 Å². The Bertz CT molecular complexity index is 528. The van der Waals surface area contributed by atoms with Crippen molar-refractivity contribution in [3.63, 3.8) is 0 Å². The Kier molecular flexibility index (Phi) is 3.82. The fraction of sp³-hybridized carbons (Fsp3) is 0.643. The van der Waals surface area contributed by atoms with Crippen molar-refractivity contribution in [1.82, 2.24) is 20.1 Å². The third-order valence-corrected chi connectivity index (χ3v) is 4.15. The van der Waals surface area contributed by atoms with Gasteiger partial charge >= 0.3 is 0 Å². The number of hydrogen-bond donors (Lipinski definition) is 2. The lowest BCUT2D eigenvalue weighted by Gasteiger charge is -2.23. The zero-order valence-electron chi connectivity index (χ0n) is 11.7. The molecule has 0 saturated heterocycles.